The number of hydrogen-bond donors (Lipinski definition) is 2. The fraction of sp³-hybridized carbons (Fsp3) is 0.500. The highest BCUT2D eigenvalue weighted by atomic mass is 19.1. The molecule has 0 aromatic heterocycles. The molecule has 3 N–H and O–H groups in total. The van der Waals surface area contributed by atoms with Gasteiger partial charge in [-0.2, -0.15) is 0 Å². The first-order valence-electron chi connectivity index (χ1n) is 6.58. The summed E-state index contributed by atoms with van der Waals surface area (Å²) in [6.45, 7) is 9.45. The van der Waals surface area contributed by atoms with Gasteiger partial charge in [-0.25, -0.2) is 4.39 Å². The van der Waals surface area contributed by atoms with Crippen molar-refractivity contribution in [3.05, 3.63) is 24.4 Å². The lowest BCUT2D eigenvalue weighted by atomic mass is 10.2. The molecule has 6 nitrogen and oxygen atoms in total. The van der Waals surface area contributed by atoms with Crippen LogP contribution in [0.25, 0.3) is 0 Å². The minimum Gasteiger partial charge on any atom is -0.366 e. The Kier molecular flexibility index (Phi) is 7.96. The average Bonchev–Trinajstić information content (AvgIpc) is 2.36. The zero-order valence-corrected chi connectivity index (χ0v) is 12.4. The molecule has 0 fully saturated rings. The van der Waals surface area contributed by atoms with Gasteiger partial charge in [0, 0.05) is 12.1 Å². The second-order valence-electron chi connectivity index (χ2n) is 4.67. The first kappa shape index (κ1) is 18.8. The van der Waals surface area contributed by atoms with Crippen LogP contribution in [-0.4, -0.2) is 41.9 Å². The van der Waals surface area contributed by atoms with Gasteiger partial charge >= 0.3 is 0 Å². The molecule has 0 saturated heterocycles. The maximum atomic E-state index is 13.1. The molecule has 0 aromatic carbocycles. The zero-order chi connectivity index (χ0) is 16.6. The molecule has 21 heavy (non-hydrogen) atoms. The summed E-state index contributed by atoms with van der Waals surface area (Å²) in [5.74, 6) is -1.71. The van der Waals surface area contributed by atoms with Crippen LogP contribution in [0.1, 0.15) is 26.7 Å². The maximum absolute atomic E-state index is 13.1. The highest BCUT2D eigenvalue weighted by Crippen LogP contribution is 2.04. The van der Waals surface area contributed by atoms with Crippen LogP contribution >= 0.6 is 0 Å². The molecule has 0 aliphatic heterocycles. The van der Waals surface area contributed by atoms with Crippen molar-refractivity contribution in [1.29, 1.82) is 0 Å². The van der Waals surface area contributed by atoms with Crippen molar-refractivity contribution in [2.24, 2.45) is 5.73 Å². The molecule has 1 unspecified atom stereocenters. The first-order chi connectivity index (χ1) is 9.68. The molecule has 1 atom stereocenters. The van der Waals surface area contributed by atoms with E-state index in [1.165, 1.54) is 6.92 Å². The molecule has 7 heteroatoms. The smallest absolute Gasteiger partial charge is 0.250 e. The van der Waals surface area contributed by atoms with E-state index in [-0.39, 0.29) is 36.7 Å². The summed E-state index contributed by atoms with van der Waals surface area (Å²) in [5.41, 5.74) is 4.83. The van der Waals surface area contributed by atoms with Gasteiger partial charge in [-0.3, -0.25) is 14.4 Å². The Bertz CT molecular complexity index is 447. The molecule has 0 heterocycles. The number of nitrogens with two attached hydrogens (primary N) is 1. The minimum absolute atomic E-state index is 0.0383. The Morgan fingerprint density at radius 3 is 2.33 bits per heavy atom. The normalized spacial score (nSPS) is 11.4. The van der Waals surface area contributed by atoms with Gasteiger partial charge in [0.25, 0.3) is 0 Å². The molecule has 0 rings (SSSR count). The van der Waals surface area contributed by atoms with E-state index in [1.54, 1.807) is 0 Å². The molecule has 118 valence electrons. The van der Waals surface area contributed by atoms with Crippen LogP contribution in [0, 0.1) is 0 Å². The number of nitrogens with zero attached hydrogens (tertiary/aromatic N) is 1. The highest BCUT2D eigenvalue weighted by molar-refractivity contribution is 5.97. The number of nitrogens with one attached hydrogen (secondary N) is 1. The van der Waals surface area contributed by atoms with E-state index in [9.17, 15) is 18.8 Å². The number of halogens is 1. The van der Waals surface area contributed by atoms with E-state index in [0.717, 1.165) is 4.90 Å². The van der Waals surface area contributed by atoms with Gasteiger partial charge in [0.2, 0.25) is 17.7 Å². The van der Waals surface area contributed by atoms with E-state index < -0.39 is 18.0 Å². The Morgan fingerprint density at radius 1 is 1.33 bits per heavy atom. The number of amides is 3. The van der Waals surface area contributed by atoms with Gasteiger partial charge in [-0.05, 0) is 13.3 Å². The monoisotopic (exact) mass is 299 g/mol. The topological polar surface area (TPSA) is 92.5 Å². The second-order valence-corrected chi connectivity index (χ2v) is 4.67. The number of carbonyl (C=O) groups is 3. The van der Waals surface area contributed by atoms with Crippen molar-refractivity contribution in [3.63, 3.8) is 0 Å². The van der Waals surface area contributed by atoms with Gasteiger partial charge in [-0.1, -0.05) is 20.1 Å². The fourth-order valence-electron chi connectivity index (χ4n) is 1.54. The lowest BCUT2D eigenvalue weighted by Crippen LogP contribution is -2.43. The number of alkyl halides is 1. The number of carbonyl (C=O) groups excluding carboxylic acids is 3. The van der Waals surface area contributed by atoms with Crippen LogP contribution in [0.5, 0.6) is 0 Å². The fourth-order valence-corrected chi connectivity index (χ4v) is 1.54. The molecular weight excluding hydrogens is 277 g/mol. The number of rotatable bonds is 9. The van der Waals surface area contributed by atoms with Crippen LogP contribution in [0.2, 0.25) is 0 Å². The molecule has 3 amide bonds. The standard InChI is InChI=1S/C14H22FN3O3/c1-5-6-13(20)18(7-9(2)15)8-12(19)17-11(4)10(3)14(16)21/h9H,3-8H2,1-2H3,(H2,16,21)(H,17,19). The third-order valence-electron chi connectivity index (χ3n) is 2.58. The predicted octanol–water partition coefficient (Wildman–Crippen LogP) is 0.644. The van der Waals surface area contributed by atoms with E-state index in [0.29, 0.717) is 6.42 Å². The summed E-state index contributed by atoms with van der Waals surface area (Å²) in [4.78, 5) is 35.6. The van der Waals surface area contributed by atoms with E-state index in [2.05, 4.69) is 18.5 Å². The highest BCUT2D eigenvalue weighted by Gasteiger charge is 2.19. The van der Waals surface area contributed by atoms with Crippen molar-refractivity contribution in [2.75, 3.05) is 13.1 Å². The largest absolute Gasteiger partial charge is 0.366 e. The van der Waals surface area contributed by atoms with Gasteiger partial charge in [0.1, 0.15) is 6.17 Å². The quantitative estimate of drug-likeness (QED) is 0.483. The molecule has 0 radical (unpaired) electrons. The van der Waals surface area contributed by atoms with Gasteiger partial charge in [0.15, 0.2) is 0 Å². The Labute approximate surface area is 123 Å². The molecular formula is C14H22FN3O3. The summed E-state index contributed by atoms with van der Waals surface area (Å²) in [7, 11) is 0. The van der Waals surface area contributed by atoms with Crippen LogP contribution in [0.3, 0.4) is 0 Å². The predicted molar refractivity (Wildman–Crippen MR) is 77.7 cm³/mol. The third-order valence-corrected chi connectivity index (χ3v) is 2.58. The lowest BCUT2D eigenvalue weighted by Gasteiger charge is -2.23. The first-order valence-corrected chi connectivity index (χ1v) is 6.58. The van der Waals surface area contributed by atoms with Crippen molar-refractivity contribution >= 4 is 17.7 Å². The van der Waals surface area contributed by atoms with Crippen molar-refractivity contribution in [3.8, 4) is 0 Å². The summed E-state index contributed by atoms with van der Waals surface area (Å²) >= 11 is 0. The SMILES string of the molecule is C=C(NC(=O)CN(CC(C)F)C(=O)CCC)C(=C)C(N)=O. The Balaban J connectivity index is 4.66. The maximum Gasteiger partial charge on any atom is 0.250 e. The molecule has 0 saturated carbocycles. The van der Waals surface area contributed by atoms with Crippen molar-refractivity contribution in [2.45, 2.75) is 32.9 Å². The molecule has 0 aromatic rings. The average molecular weight is 299 g/mol. The molecule has 0 spiro atoms. The Morgan fingerprint density at radius 2 is 1.90 bits per heavy atom. The van der Waals surface area contributed by atoms with E-state index in [1.807, 2.05) is 6.92 Å². The number of primary amides is 1. The van der Waals surface area contributed by atoms with Crippen LogP contribution < -0.4 is 11.1 Å². The Hall–Kier alpha value is -2.18. The third kappa shape index (κ3) is 7.24. The van der Waals surface area contributed by atoms with Gasteiger partial charge in [-0.15, -0.1) is 0 Å². The second kappa shape index (κ2) is 8.89. The van der Waals surface area contributed by atoms with Crippen molar-refractivity contribution < 1.29 is 18.8 Å². The molecule has 0 aliphatic carbocycles. The lowest BCUT2D eigenvalue weighted by molar-refractivity contribution is -0.136. The summed E-state index contributed by atoms with van der Waals surface area (Å²) in [5, 5.41) is 2.31. The number of hydrogen-bond acceptors (Lipinski definition) is 3. The van der Waals surface area contributed by atoms with E-state index in [4.69, 9.17) is 5.73 Å². The van der Waals surface area contributed by atoms with Gasteiger partial charge in [0.05, 0.1) is 18.7 Å². The summed E-state index contributed by atoms with van der Waals surface area (Å²) in [6.07, 6.45) is -0.417. The van der Waals surface area contributed by atoms with Crippen molar-refractivity contribution in [1.82, 2.24) is 10.2 Å². The van der Waals surface area contributed by atoms with Crippen LogP contribution in [-0.2, 0) is 14.4 Å². The minimum atomic E-state index is -1.25. The zero-order valence-electron chi connectivity index (χ0n) is 12.4. The van der Waals surface area contributed by atoms with Gasteiger partial charge < -0.3 is 16.0 Å². The summed E-state index contributed by atoms with van der Waals surface area (Å²) < 4.78 is 13.1. The van der Waals surface area contributed by atoms with Crippen LogP contribution in [0.4, 0.5) is 4.39 Å². The molecule has 0 aliphatic rings. The van der Waals surface area contributed by atoms with E-state index >= 15 is 0 Å². The summed E-state index contributed by atoms with van der Waals surface area (Å²) in [6, 6.07) is 0. The molecule has 0 bridgehead atoms. The van der Waals surface area contributed by atoms with Crippen LogP contribution in [0.15, 0.2) is 24.4 Å².